The first-order valence-electron chi connectivity index (χ1n) is 7.74. The molecule has 1 N–H and O–H groups in total. The number of nitrogens with one attached hydrogen (secondary N) is 1. The summed E-state index contributed by atoms with van der Waals surface area (Å²) in [5, 5.41) is 12.5. The summed E-state index contributed by atoms with van der Waals surface area (Å²) in [5.74, 6) is 0.0938. The van der Waals surface area contributed by atoms with Gasteiger partial charge in [0, 0.05) is 11.4 Å². The highest BCUT2D eigenvalue weighted by atomic mass is 32.2. The van der Waals surface area contributed by atoms with Crippen LogP contribution in [0.4, 0.5) is 11.4 Å². The van der Waals surface area contributed by atoms with Crippen molar-refractivity contribution in [2.45, 2.75) is 0 Å². The second-order valence-electron chi connectivity index (χ2n) is 5.33. The third-order valence-corrected chi connectivity index (χ3v) is 4.75. The van der Waals surface area contributed by atoms with E-state index in [4.69, 9.17) is 4.74 Å². The SMILES string of the molecule is COc1ccc(N2C(=O)CS/C2=C(/C#N)C(=O)Nc2ccccc2)cc1. The maximum absolute atomic E-state index is 12.6. The van der Waals surface area contributed by atoms with Crippen molar-refractivity contribution in [2.24, 2.45) is 0 Å². The van der Waals surface area contributed by atoms with E-state index in [-0.39, 0.29) is 17.2 Å². The van der Waals surface area contributed by atoms with Crippen LogP contribution < -0.4 is 15.0 Å². The van der Waals surface area contributed by atoms with Gasteiger partial charge in [-0.25, -0.2) is 0 Å². The smallest absolute Gasteiger partial charge is 0.269 e. The minimum Gasteiger partial charge on any atom is -0.497 e. The Morgan fingerprint density at radius 2 is 1.88 bits per heavy atom. The molecule has 1 heterocycles. The van der Waals surface area contributed by atoms with Crippen molar-refractivity contribution in [3.8, 4) is 11.8 Å². The second kappa shape index (κ2) is 7.76. The van der Waals surface area contributed by atoms with Gasteiger partial charge in [0.15, 0.2) is 0 Å². The highest BCUT2D eigenvalue weighted by Crippen LogP contribution is 2.36. The van der Waals surface area contributed by atoms with Crippen molar-refractivity contribution < 1.29 is 14.3 Å². The summed E-state index contributed by atoms with van der Waals surface area (Å²) in [6.45, 7) is 0. The molecule has 0 radical (unpaired) electrons. The number of para-hydroxylation sites is 1. The molecule has 7 heteroatoms. The van der Waals surface area contributed by atoms with Crippen LogP contribution in [0, 0.1) is 11.3 Å². The average Bonchev–Trinajstić information content (AvgIpc) is 3.04. The molecule has 0 aromatic heterocycles. The lowest BCUT2D eigenvalue weighted by molar-refractivity contribution is -0.115. The number of nitriles is 1. The molecule has 2 amide bonds. The minimum atomic E-state index is -0.547. The quantitative estimate of drug-likeness (QED) is 0.665. The molecule has 130 valence electrons. The maximum atomic E-state index is 12.6. The first kappa shape index (κ1) is 17.6. The van der Waals surface area contributed by atoms with E-state index in [2.05, 4.69) is 5.32 Å². The maximum Gasteiger partial charge on any atom is 0.269 e. The first-order chi connectivity index (χ1) is 12.6. The largest absolute Gasteiger partial charge is 0.497 e. The van der Waals surface area contributed by atoms with Gasteiger partial charge in [0.25, 0.3) is 5.91 Å². The van der Waals surface area contributed by atoms with Crippen molar-refractivity contribution in [3.05, 3.63) is 65.2 Å². The second-order valence-corrected chi connectivity index (χ2v) is 6.29. The van der Waals surface area contributed by atoms with Crippen LogP contribution in [0.5, 0.6) is 5.75 Å². The summed E-state index contributed by atoms with van der Waals surface area (Å²) in [5.41, 5.74) is 1.06. The van der Waals surface area contributed by atoms with Gasteiger partial charge in [-0.3, -0.25) is 14.5 Å². The van der Waals surface area contributed by atoms with E-state index in [1.807, 2.05) is 12.1 Å². The Bertz CT molecular complexity index is 902. The lowest BCUT2D eigenvalue weighted by Gasteiger charge is -2.18. The van der Waals surface area contributed by atoms with E-state index >= 15 is 0 Å². The van der Waals surface area contributed by atoms with Crippen LogP contribution in [0.25, 0.3) is 0 Å². The summed E-state index contributed by atoms with van der Waals surface area (Å²) >= 11 is 1.18. The van der Waals surface area contributed by atoms with E-state index in [0.717, 1.165) is 0 Å². The van der Waals surface area contributed by atoms with E-state index in [1.165, 1.54) is 16.7 Å². The third-order valence-electron chi connectivity index (χ3n) is 3.70. The third kappa shape index (κ3) is 3.55. The monoisotopic (exact) mass is 365 g/mol. The number of carbonyl (C=O) groups is 2. The Labute approximate surface area is 155 Å². The molecule has 6 nitrogen and oxygen atoms in total. The van der Waals surface area contributed by atoms with Crippen LogP contribution in [0.3, 0.4) is 0 Å². The van der Waals surface area contributed by atoms with Crippen molar-refractivity contribution in [3.63, 3.8) is 0 Å². The molecule has 1 saturated heterocycles. The fraction of sp³-hybridized carbons (Fsp3) is 0.105. The Morgan fingerprint density at radius 3 is 2.50 bits per heavy atom. The summed E-state index contributed by atoms with van der Waals surface area (Å²) in [6.07, 6.45) is 0. The van der Waals surface area contributed by atoms with Gasteiger partial charge in [0.1, 0.15) is 22.4 Å². The molecule has 0 atom stereocenters. The zero-order valence-corrected chi connectivity index (χ0v) is 14.7. The number of nitrogens with zero attached hydrogens (tertiary/aromatic N) is 2. The van der Waals surface area contributed by atoms with Gasteiger partial charge in [-0.05, 0) is 36.4 Å². The summed E-state index contributed by atoms with van der Waals surface area (Å²) in [6, 6.07) is 17.7. The molecule has 2 aromatic carbocycles. The predicted octanol–water partition coefficient (Wildman–Crippen LogP) is 3.15. The van der Waals surface area contributed by atoms with Gasteiger partial charge >= 0.3 is 0 Å². The number of anilines is 2. The average molecular weight is 365 g/mol. The number of thioether (sulfide) groups is 1. The van der Waals surface area contributed by atoms with Crippen LogP contribution in [0.15, 0.2) is 65.2 Å². The molecule has 0 spiro atoms. The number of hydrogen-bond donors (Lipinski definition) is 1. The number of amides is 2. The van der Waals surface area contributed by atoms with Crippen molar-refractivity contribution >= 4 is 35.0 Å². The Hall–Kier alpha value is -3.24. The Kier molecular flexibility index (Phi) is 5.25. The summed E-state index contributed by atoms with van der Waals surface area (Å²) < 4.78 is 5.12. The fourth-order valence-corrected chi connectivity index (χ4v) is 3.47. The van der Waals surface area contributed by atoms with Gasteiger partial charge in [-0.1, -0.05) is 30.0 Å². The summed E-state index contributed by atoms with van der Waals surface area (Å²) in [7, 11) is 1.55. The van der Waals surface area contributed by atoms with Gasteiger partial charge in [0.05, 0.1) is 12.9 Å². The lowest BCUT2D eigenvalue weighted by Crippen LogP contribution is -2.26. The number of methoxy groups -OCH3 is 1. The number of rotatable bonds is 4. The van der Waals surface area contributed by atoms with E-state index < -0.39 is 5.91 Å². The van der Waals surface area contributed by atoms with E-state index in [9.17, 15) is 14.9 Å². The molecule has 0 unspecified atom stereocenters. The number of benzene rings is 2. The molecule has 1 aliphatic heterocycles. The number of hydrogen-bond acceptors (Lipinski definition) is 5. The number of ether oxygens (including phenoxy) is 1. The molecule has 0 saturated carbocycles. The van der Waals surface area contributed by atoms with Crippen LogP contribution in [-0.4, -0.2) is 24.7 Å². The molecule has 2 aromatic rings. The van der Waals surface area contributed by atoms with Crippen LogP contribution >= 0.6 is 11.8 Å². The zero-order chi connectivity index (χ0) is 18.5. The van der Waals surface area contributed by atoms with Crippen LogP contribution in [0.1, 0.15) is 0 Å². The highest BCUT2D eigenvalue weighted by Gasteiger charge is 2.33. The van der Waals surface area contributed by atoms with E-state index in [1.54, 1.807) is 55.6 Å². The molecule has 26 heavy (non-hydrogen) atoms. The van der Waals surface area contributed by atoms with Gasteiger partial charge in [-0.15, -0.1) is 0 Å². The topological polar surface area (TPSA) is 82.4 Å². The fourth-order valence-electron chi connectivity index (χ4n) is 2.46. The Balaban J connectivity index is 1.95. The van der Waals surface area contributed by atoms with E-state index in [0.29, 0.717) is 22.2 Å². The standard InChI is InChI=1S/C19H15N3O3S/c1-25-15-9-7-14(8-10-15)22-17(23)12-26-19(22)16(11-20)18(24)21-13-5-3-2-4-6-13/h2-10H,12H2,1H3,(H,21,24)/b19-16-. The molecule has 3 rings (SSSR count). The lowest BCUT2D eigenvalue weighted by atomic mass is 10.2. The molecule has 0 bridgehead atoms. The highest BCUT2D eigenvalue weighted by molar-refractivity contribution is 8.04. The van der Waals surface area contributed by atoms with Crippen molar-refractivity contribution in [1.82, 2.24) is 0 Å². The first-order valence-corrected chi connectivity index (χ1v) is 8.73. The normalized spacial score (nSPS) is 15.4. The summed E-state index contributed by atoms with van der Waals surface area (Å²) in [4.78, 5) is 26.3. The van der Waals surface area contributed by atoms with Crippen LogP contribution in [-0.2, 0) is 9.59 Å². The Morgan fingerprint density at radius 1 is 1.19 bits per heavy atom. The molecule has 0 aliphatic carbocycles. The molecule has 1 fully saturated rings. The molecule has 1 aliphatic rings. The van der Waals surface area contributed by atoms with Crippen molar-refractivity contribution in [1.29, 1.82) is 5.26 Å². The van der Waals surface area contributed by atoms with Gasteiger partial charge < -0.3 is 10.1 Å². The number of carbonyl (C=O) groups excluding carboxylic acids is 2. The molecular weight excluding hydrogens is 350 g/mol. The zero-order valence-electron chi connectivity index (χ0n) is 13.9. The van der Waals surface area contributed by atoms with Gasteiger partial charge in [0.2, 0.25) is 5.91 Å². The van der Waals surface area contributed by atoms with Crippen LogP contribution in [0.2, 0.25) is 0 Å². The van der Waals surface area contributed by atoms with Gasteiger partial charge in [-0.2, -0.15) is 5.26 Å². The predicted molar refractivity (Wildman–Crippen MR) is 101 cm³/mol. The minimum absolute atomic E-state index is 0.0967. The van der Waals surface area contributed by atoms with Crippen molar-refractivity contribution in [2.75, 3.05) is 23.1 Å². The molecular formula is C19H15N3O3S.